The molecule has 27 heavy (non-hydrogen) atoms. The maximum Gasteiger partial charge on any atom is 0.337 e. The van der Waals surface area contributed by atoms with Crippen molar-refractivity contribution in [1.29, 1.82) is 0 Å². The van der Waals surface area contributed by atoms with Crippen LogP contribution in [0.15, 0.2) is 59.6 Å². The minimum atomic E-state index is -1.41. The van der Waals surface area contributed by atoms with Crippen molar-refractivity contribution in [3.05, 3.63) is 82.4 Å². The van der Waals surface area contributed by atoms with Crippen molar-refractivity contribution in [2.24, 2.45) is 0 Å². The van der Waals surface area contributed by atoms with Gasteiger partial charge in [0.25, 0.3) is 5.91 Å². The second-order valence-corrected chi connectivity index (χ2v) is 6.04. The molecule has 0 fully saturated rings. The van der Waals surface area contributed by atoms with Crippen molar-refractivity contribution in [2.75, 3.05) is 5.32 Å². The third kappa shape index (κ3) is 3.96. The molecule has 0 unspecified atom stereocenters. The second-order valence-electron chi connectivity index (χ2n) is 5.63. The van der Waals surface area contributed by atoms with E-state index in [4.69, 9.17) is 16.7 Å². The van der Waals surface area contributed by atoms with E-state index in [1.807, 2.05) is 0 Å². The molecule has 0 bridgehead atoms. The van der Waals surface area contributed by atoms with E-state index in [0.29, 0.717) is 10.8 Å². The van der Waals surface area contributed by atoms with Gasteiger partial charge >= 0.3 is 5.97 Å². The summed E-state index contributed by atoms with van der Waals surface area (Å²) in [5.41, 5.74) is -0.449. The Kier molecular flexibility index (Phi) is 5.19. The van der Waals surface area contributed by atoms with Gasteiger partial charge in [-0.15, -0.1) is 0 Å². The summed E-state index contributed by atoms with van der Waals surface area (Å²) in [6.45, 7) is 0. The Labute approximate surface area is 157 Å². The van der Waals surface area contributed by atoms with Gasteiger partial charge in [-0.3, -0.25) is 4.79 Å². The van der Waals surface area contributed by atoms with Crippen molar-refractivity contribution in [3.63, 3.8) is 0 Å². The number of hydrogen-bond acceptors (Lipinski definition) is 2. The Morgan fingerprint density at radius 3 is 2.52 bits per heavy atom. The molecule has 0 spiro atoms. The molecular formula is C20H12ClF2NO3. The average Bonchev–Trinajstić information content (AvgIpc) is 2.65. The molecule has 0 saturated carbocycles. The molecule has 4 nitrogen and oxygen atoms in total. The van der Waals surface area contributed by atoms with Gasteiger partial charge in [-0.2, -0.15) is 0 Å². The van der Waals surface area contributed by atoms with E-state index in [1.165, 1.54) is 6.07 Å². The Hall–Kier alpha value is -3.25. The number of halogens is 3. The van der Waals surface area contributed by atoms with Gasteiger partial charge in [0.2, 0.25) is 0 Å². The SMILES string of the molecule is O=C(Nc1ccc(F)cc1C(=O)O)/C(Cl)=C/c1ccc2ccccc2c1F. The van der Waals surface area contributed by atoms with E-state index in [1.54, 1.807) is 30.3 Å². The number of anilines is 1. The predicted molar refractivity (Wildman–Crippen MR) is 99.7 cm³/mol. The van der Waals surface area contributed by atoms with Crippen LogP contribution in [0.2, 0.25) is 0 Å². The number of hydrogen-bond donors (Lipinski definition) is 2. The van der Waals surface area contributed by atoms with E-state index >= 15 is 0 Å². The summed E-state index contributed by atoms with van der Waals surface area (Å²) in [4.78, 5) is 23.4. The number of rotatable bonds is 4. The van der Waals surface area contributed by atoms with Gasteiger partial charge < -0.3 is 10.4 Å². The maximum atomic E-state index is 14.6. The number of aromatic carboxylic acids is 1. The standard InChI is InChI=1S/C20H12ClF2NO3/c21-16(9-12-6-5-11-3-1-2-4-14(11)18(12)23)19(25)24-17-8-7-13(22)10-15(17)20(26)27/h1-10H,(H,24,25)(H,26,27)/b16-9-. The van der Waals surface area contributed by atoms with Crippen LogP contribution in [0.25, 0.3) is 16.8 Å². The smallest absolute Gasteiger partial charge is 0.337 e. The molecule has 136 valence electrons. The van der Waals surface area contributed by atoms with E-state index in [-0.39, 0.29) is 16.3 Å². The maximum absolute atomic E-state index is 14.6. The number of carboxylic acid groups (broad SMARTS) is 1. The highest BCUT2D eigenvalue weighted by Crippen LogP contribution is 2.24. The highest BCUT2D eigenvalue weighted by atomic mass is 35.5. The first-order valence-electron chi connectivity index (χ1n) is 7.75. The van der Waals surface area contributed by atoms with Gasteiger partial charge in [0.05, 0.1) is 11.3 Å². The van der Waals surface area contributed by atoms with Gasteiger partial charge in [-0.25, -0.2) is 13.6 Å². The lowest BCUT2D eigenvalue weighted by Crippen LogP contribution is -2.15. The van der Waals surface area contributed by atoms with Crippen LogP contribution >= 0.6 is 11.6 Å². The summed E-state index contributed by atoms with van der Waals surface area (Å²) in [5.74, 6) is -3.55. The topological polar surface area (TPSA) is 66.4 Å². The largest absolute Gasteiger partial charge is 0.478 e. The number of carboxylic acids is 1. The van der Waals surface area contributed by atoms with Crippen molar-refractivity contribution < 1.29 is 23.5 Å². The highest BCUT2D eigenvalue weighted by Gasteiger charge is 2.16. The fraction of sp³-hybridized carbons (Fsp3) is 0. The fourth-order valence-corrected chi connectivity index (χ4v) is 2.71. The summed E-state index contributed by atoms with van der Waals surface area (Å²) in [6, 6.07) is 12.9. The molecule has 1 amide bonds. The third-order valence-corrected chi connectivity index (χ3v) is 4.13. The molecule has 3 aromatic rings. The fourth-order valence-electron chi connectivity index (χ4n) is 2.55. The highest BCUT2D eigenvalue weighted by molar-refractivity contribution is 6.45. The van der Waals surface area contributed by atoms with E-state index in [9.17, 15) is 18.4 Å². The zero-order valence-corrected chi connectivity index (χ0v) is 14.4. The number of carbonyl (C=O) groups excluding carboxylic acids is 1. The molecule has 7 heteroatoms. The summed E-state index contributed by atoms with van der Waals surface area (Å²) in [7, 11) is 0. The minimum Gasteiger partial charge on any atom is -0.478 e. The Morgan fingerprint density at radius 2 is 1.78 bits per heavy atom. The summed E-state index contributed by atoms with van der Waals surface area (Å²) in [6.07, 6.45) is 1.14. The number of nitrogens with one attached hydrogen (secondary N) is 1. The molecule has 3 rings (SSSR count). The van der Waals surface area contributed by atoms with Crippen molar-refractivity contribution in [3.8, 4) is 0 Å². The molecule has 0 aliphatic heterocycles. The zero-order chi connectivity index (χ0) is 19.6. The lowest BCUT2D eigenvalue weighted by molar-refractivity contribution is -0.112. The molecular weight excluding hydrogens is 376 g/mol. The number of benzene rings is 3. The monoisotopic (exact) mass is 387 g/mol. The van der Waals surface area contributed by atoms with Crippen LogP contribution in [0.1, 0.15) is 15.9 Å². The number of carbonyl (C=O) groups is 2. The van der Waals surface area contributed by atoms with Gasteiger partial charge in [0, 0.05) is 10.9 Å². The lowest BCUT2D eigenvalue weighted by Gasteiger charge is -2.08. The average molecular weight is 388 g/mol. The molecule has 0 aliphatic carbocycles. The Morgan fingerprint density at radius 1 is 1.04 bits per heavy atom. The van der Waals surface area contributed by atoms with Gasteiger partial charge in [0.1, 0.15) is 16.7 Å². The van der Waals surface area contributed by atoms with Crippen molar-refractivity contribution in [1.82, 2.24) is 0 Å². The van der Waals surface area contributed by atoms with Gasteiger partial charge in [0.15, 0.2) is 0 Å². The predicted octanol–water partition coefficient (Wildman–Crippen LogP) is 5.03. The Bertz CT molecular complexity index is 1100. The van der Waals surface area contributed by atoms with Gasteiger partial charge in [-0.1, -0.05) is 48.0 Å². The first-order valence-corrected chi connectivity index (χ1v) is 8.13. The molecule has 2 N–H and O–H groups in total. The van der Waals surface area contributed by atoms with Crippen LogP contribution in [-0.4, -0.2) is 17.0 Å². The zero-order valence-electron chi connectivity index (χ0n) is 13.7. The number of amides is 1. The van der Waals surface area contributed by atoms with Crippen LogP contribution in [0.5, 0.6) is 0 Å². The normalized spacial score (nSPS) is 11.4. The quantitative estimate of drug-likeness (QED) is 0.617. The van der Waals surface area contributed by atoms with E-state index < -0.39 is 29.1 Å². The summed E-state index contributed by atoms with van der Waals surface area (Å²) < 4.78 is 27.8. The van der Waals surface area contributed by atoms with Crippen molar-refractivity contribution in [2.45, 2.75) is 0 Å². The first kappa shape index (κ1) is 18.5. The minimum absolute atomic E-state index is 0.103. The van der Waals surface area contributed by atoms with Crippen molar-refractivity contribution >= 4 is 46.0 Å². The molecule has 0 heterocycles. The Balaban J connectivity index is 1.90. The van der Waals surface area contributed by atoms with Crippen LogP contribution in [0.3, 0.4) is 0 Å². The molecule has 0 aromatic heterocycles. The van der Waals surface area contributed by atoms with Crippen LogP contribution in [-0.2, 0) is 4.79 Å². The first-order chi connectivity index (χ1) is 12.9. The second kappa shape index (κ2) is 7.55. The molecule has 0 aliphatic rings. The molecule has 0 saturated heterocycles. The lowest BCUT2D eigenvalue weighted by atomic mass is 10.1. The van der Waals surface area contributed by atoms with E-state index in [0.717, 1.165) is 24.3 Å². The summed E-state index contributed by atoms with van der Waals surface area (Å²) >= 11 is 5.96. The molecule has 3 aromatic carbocycles. The van der Waals surface area contributed by atoms with Crippen LogP contribution < -0.4 is 5.32 Å². The molecule has 0 radical (unpaired) electrons. The third-order valence-electron chi connectivity index (χ3n) is 3.85. The summed E-state index contributed by atoms with van der Waals surface area (Å²) in [5, 5.41) is 12.1. The molecule has 0 atom stereocenters. The van der Waals surface area contributed by atoms with E-state index in [2.05, 4.69) is 5.32 Å². The van der Waals surface area contributed by atoms with Crippen LogP contribution in [0, 0.1) is 11.6 Å². The van der Waals surface area contributed by atoms with Crippen LogP contribution in [0.4, 0.5) is 14.5 Å². The number of fused-ring (bicyclic) bond motifs is 1. The van der Waals surface area contributed by atoms with Gasteiger partial charge in [-0.05, 0) is 29.7 Å².